The molecule has 2 aromatic rings. The smallest absolute Gasteiger partial charge is 0.163 e. The van der Waals surface area contributed by atoms with Crippen molar-refractivity contribution in [2.75, 3.05) is 0 Å². The zero-order chi connectivity index (χ0) is 14.9. The highest BCUT2D eigenvalue weighted by Crippen LogP contribution is 2.34. The summed E-state index contributed by atoms with van der Waals surface area (Å²) < 4.78 is 0. The maximum Gasteiger partial charge on any atom is 0.163 e. The van der Waals surface area contributed by atoms with Gasteiger partial charge in [0.05, 0.1) is 5.56 Å². The molecular weight excluding hydrogens is 252 g/mol. The number of carbonyl (C=O) groups is 1. The molecule has 3 nitrogen and oxygen atoms in total. The number of Topliss-reactive ketones (excluding diaryl/α,β-unsaturated/α-hetero) is 1. The van der Waals surface area contributed by atoms with Crippen LogP contribution in [0.15, 0.2) is 42.5 Å². The largest absolute Gasteiger partial charge is 0.508 e. The Balaban J connectivity index is 2.51. The molecular formula is C17H18O3. The predicted octanol–water partition coefficient (Wildman–Crippen LogP) is 3.63. The van der Waals surface area contributed by atoms with Crippen molar-refractivity contribution in [2.24, 2.45) is 0 Å². The van der Waals surface area contributed by atoms with Crippen molar-refractivity contribution in [1.29, 1.82) is 0 Å². The molecule has 3 heteroatoms. The second kappa shape index (κ2) is 5.00. The van der Waals surface area contributed by atoms with Gasteiger partial charge in [-0.2, -0.15) is 0 Å². The molecule has 20 heavy (non-hydrogen) atoms. The molecule has 0 atom stereocenters. The molecule has 0 saturated carbocycles. The van der Waals surface area contributed by atoms with Gasteiger partial charge in [-0.15, -0.1) is 0 Å². The van der Waals surface area contributed by atoms with E-state index in [1.807, 2.05) is 32.0 Å². The first-order valence-electron chi connectivity index (χ1n) is 6.46. The minimum Gasteiger partial charge on any atom is -0.508 e. The summed E-state index contributed by atoms with van der Waals surface area (Å²) in [5, 5.41) is 19.1. The molecule has 0 spiro atoms. The summed E-state index contributed by atoms with van der Waals surface area (Å²) >= 11 is 0. The topological polar surface area (TPSA) is 57.5 Å². The molecule has 0 saturated heterocycles. The van der Waals surface area contributed by atoms with E-state index in [0.29, 0.717) is 5.56 Å². The quantitative estimate of drug-likeness (QED) is 0.837. The van der Waals surface area contributed by atoms with Gasteiger partial charge in [0, 0.05) is 5.41 Å². The number of hydrogen-bond acceptors (Lipinski definition) is 3. The third-order valence-corrected chi connectivity index (χ3v) is 3.69. The molecule has 0 aliphatic heterocycles. The summed E-state index contributed by atoms with van der Waals surface area (Å²) in [7, 11) is 0. The Hall–Kier alpha value is -2.29. The van der Waals surface area contributed by atoms with Crippen LogP contribution in [0.3, 0.4) is 0 Å². The van der Waals surface area contributed by atoms with Crippen molar-refractivity contribution in [1.82, 2.24) is 0 Å². The first-order valence-corrected chi connectivity index (χ1v) is 6.46. The SMILES string of the molecule is CC(=O)c1cc(C(C)(C)c2ccc(O)cc2)ccc1O. The van der Waals surface area contributed by atoms with Crippen LogP contribution in [-0.2, 0) is 5.41 Å². The lowest BCUT2D eigenvalue weighted by atomic mass is 9.77. The Morgan fingerprint density at radius 1 is 0.950 bits per heavy atom. The Morgan fingerprint density at radius 2 is 1.50 bits per heavy atom. The first kappa shape index (κ1) is 14.1. The van der Waals surface area contributed by atoms with Crippen LogP contribution in [0.1, 0.15) is 42.3 Å². The zero-order valence-electron chi connectivity index (χ0n) is 11.8. The van der Waals surface area contributed by atoms with E-state index in [9.17, 15) is 15.0 Å². The second-order valence-corrected chi connectivity index (χ2v) is 5.46. The van der Waals surface area contributed by atoms with Crippen LogP contribution < -0.4 is 0 Å². The molecule has 0 fully saturated rings. The lowest BCUT2D eigenvalue weighted by Crippen LogP contribution is -2.19. The van der Waals surface area contributed by atoms with Gasteiger partial charge < -0.3 is 10.2 Å². The fourth-order valence-electron chi connectivity index (χ4n) is 2.25. The summed E-state index contributed by atoms with van der Waals surface area (Å²) in [5.74, 6) is 0.0632. The maximum atomic E-state index is 11.5. The number of ketones is 1. The van der Waals surface area contributed by atoms with Crippen LogP contribution >= 0.6 is 0 Å². The van der Waals surface area contributed by atoms with E-state index in [-0.39, 0.29) is 22.7 Å². The number of benzene rings is 2. The normalized spacial score (nSPS) is 11.3. The first-order chi connectivity index (χ1) is 9.32. The van der Waals surface area contributed by atoms with E-state index < -0.39 is 0 Å². The summed E-state index contributed by atoms with van der Waals surface area (Å²) in [4.78, 5) is 11.5. The number of hydrogen-bond donors (Lipinski definition) is 2. The van der Waals surface area contributed by atoms with Crippen molar-refractivity contribution < 1.29 is 15.0 Å². The second-order valence-electron chi connectivity index (χ2n) is 5.46. The molecule has 0 aromatic heterocycles. The Kier molecular flexibility index (Phi) is 3.53. The lowest BCUT2D eigenvalue weighted by Gasteiger charge is -2.26. The van der Waals surface area contributed by atoms with Gasteiger partial charge in [-0.3, -0.25) is 4.79 Å². The van der Waals surface area contributed by atoms with Crippen LogP contribution in [0.5, 0.6) is 11.5 Å². The zero-order valence-corrected chi connectivity index (χ0v) is 11.8. The summed E-state index contributed by atoms with van der Waals surface area (Å²) in [6, 6.07) is 12.1. The van der Waals surface area contributed by atoms with Crippen molar-refractivity contribution in [3.05, 3.63) is 59.2 Å². The van der Waals surface area contributed by atoms with Gasteiger partial charge in [-0.1, -0.05) is 32.0 Å². The fraction of sp³-hybridized carbons (Fsp3) is 0.235. The standard InChI is InChI=1S/C17H18O3/c1-11(18)15-10-13(6-9-16(15)20)17(2,3)12-4-7-14(19)8-5-12/h4-10,19-20H,1-3H3. The van der Waals surface area contributed by atoms with Crippen molar-refractivity contribution in [3.8, 4) is 11.5 Å². The molecule has 0 heterocycles. The van der Waals surface area contributed by atoms with Crippen LogP contribution in [0.4, 0.5) is 0 Å². The van der Waals surface area contributed by atoms with Crippen molar-refractivity contribution in [2.45, 2.75) is 26.2 Å². The Labute approximate surface area is 118 Å². The number of carbonyl (C=O) groups excluding carboxylic acids is 1. The lowest BCUT2D eigenvalue weighted by molar-refractivity contribution is 0.101. The van der Waals surface area contributed by atoms with Gasteiger partial charge in [-0.25, -0.2) is 0 Å². The number of rotatable bonds is 3. The van der Waals surface area contributed by atoms with Gasteiger partial charge in [-0.05, 0) is 42.3 Å². The van der Waals surface area contributed by atoms with Crippen LogP contribution in [0, 0.1) is 0 Å². The average molecular weight is 270 g/mol. The van der Waals surface area contributed by atoms with E-state index in [0.717, 1.165) is 11.1 Å². The van der Waals surface area contributed by atoms with E-state index in [1.165, 1.54) is 6.92 Å². The van der Waals surface area contributed by atoms with Gasteiger partial charge in [0.15, 0.2) is 5.78 Å². The van der Waals surface area contributed by atoms with Crippen molar-refractivity contribution >= 4 is 5.78 Å². The van der Waals surface area contributed by atoms with E-state index in [2.05, 4.69) is 0 Å². The van der Waals surface area contributed by atoms with E-state index >= 15 is 0 Å². The maximum absolute atomic E-state index is 11.5. The summed E-state index contributed by atoms with van der Waals surface area (Å²) in [5.41, 5.74) is 1.96. The third-order valence-electron chi connectivity index (χ3n) is 3.69. The minimum absolute atomic E-state index is 0.00255. The van der Waals surface area contributed by atoms with E-state index in [4.69, 9.17) is 0 Å². The molecule has 0 radical (unpaired) electrons. The molecule has 2 rings (SSSR count). The Bertz CT molecular complexity index is 640. The molecule has 104 valence electrons. The number of phenolic OH excluding ortho intramolecular Hbond substituents is 2. The van der Waals surface area contributed by atoms with Crippen LogP contribution in [0.25, 0.3) is 0 Å². The number of phenols is 2. The van der Waals surface area contributed by atoms with Gasteiger partial charge in [0.2, 0.25) is 0 Å². The molecule has 0 unspecified atom stereocenters. The predicted molar refractivity (Wildman–Crippen MR) is 78.3 cm³/mol. The van der Waals surface area contributed by atoms with Crippen molar-refractivity contribution in [3.63, 3.8) is 0 Å². The van der Waals surface area contributed by atoms with Crippen LogP contribution in [0.2, 0.25) is 0 Å². The Morgan fingerprint density at radius 3 is 2.05 bits per heavy atom. The van der Waals surface area contributed by atoms with Gasteiger partial charge >= 0.3 is 0 Å². The highest BCUT2D eigenvalue weighted by molar-refractivity contribution is 5.96. The molecule has 0 aliphatic rings. The average Bonchev–Trinajstić information content (AvgIpc) is 2.39. The molecule has 0 aliphatic carbocycles. The minimum atomic E-state index is -0.328. The monoisotopic (exact) mass is 270 g/mol. The third kappa shape index (κ3) is 2.52. The highest BCUT2D eigenvalue weighted by Gasteiger charge is 2.24. The fourth-order valence-corrected chi connectivity index (χ4v) is 2.25. The molecule has 2 N–H and O–H groups in total. The van der Waals surface area contributed by atoms with Crippen LogP contribution in [-0.4, -0.2) is 16.0 Å². The van der Waals surface area contributed by atoms with E-state index in [1.54, 1.807) is 24.3 Å². The van der Waals surface area contributed by atoms with Gasteiger partial charge in [0.1, 0.15) is 11.5 Å². The van der Waals surface area contributed by atoms with Gasteiger partial charge in [0.25, 0.3) is 0 Å². The highest BCUT2D eigenvalue weighted by atomic mass is 16.3. The summed E-state index contributed by atoms with van der Waals surface area (Å²) in [6.07, 6.45) is 0. The molecule has 0 bridgehead atoms. The molecule has 2 aromatic carbocycles. The number of aromatic hydroxyl groups is 2. The summed E-state index contributed by atoms with van der Waals surface area (Å²) in [6.45, 7) is 5.51. The molecule has 0 amide bonds.